The van der Waals surface area contributed by atoms with Gasteiger partial charge in [0.05, 0.1) is 31.1 Å². The molecule has 8 heteroatoms. The molecule has 1 atom stereocenters. The van der Waals surface area contributed by atoms with Crippen molar-refractivity contribution in [3.05, 3.63) is 59.4 Å². The molecule has 0 radical (unpaired) electrons. The van der Waals surface area contributed by atoms with Gasteiger partial charge in [-0.1, -0.05) is 36.5 Å². The molecule has 0 aromatic heterocycles. The zero-order chi connectivity index (χ0) is 21.1. The number of hydrogen-bond acceptors (Lipinski definition) is 5. The molecule has 0 unspecified atom stereocenters. The Hall–Kier alpha value is -2.71. The summed E-state index contributed by atoms with van der Waals surface area (Å²) in [6.45, 7) is 2.46. The van der Waals surface area contributed by atoms with Crippen LogP contribution in [0.1, 0.15) is 11.1 Å². The van der Waals surface area contributed by atoms with Crippen LogP contribution >= 0.6 is 12.2 Å². The number of carbonyl (C=O) groups is 1. The largest absolute Gasteiger partial charge is 0.442 e. The van der Waals surface area contributed by atoms with Crippen molar-refractivity contribution in [1.29, 1.82) is 0 Å². The number of benzene rings is 2. The third-order valence-electron chi connectivity index (χ3n) is 5.39. The summed E-state index contributed by atoms with van der Waals surface area (Å²) in [5.41, 5.74) is 3.57. The normalized spacial score (nSPS) is 18.2. The van der Waals surface area contributed by atoms with Gasteiger partial charge >= 0.3 is 6.09 Å². The smallest absolute Gasteiger partial charge is 0.414 e. The number of hydrogen-bond donors (Lipinski definition) is 1. The van der Waals surface area contributed by atoms with Gasteiger partial charge in [0.2, 0.25) is 0 Å². The fourth-order valence-corrected chi connectivity index (χ4v) is 4.07. The van der Waals surface area contributed by atoms with E-state index in [1.165, 1.54) is 22.1 Å². The number of halogens is 1. The van der Waals surface area contributed by atoms with Crippen molar-refractivity contribution in [1.82, 2.24) is 5.32 Å². The number of rotatable bonds is 6. The van der Waals surface area contributed by atoms with Crippen molar-refractivity contribution in [2.24, 2.45) is 0 Å². The molecule has 2 heterocycles. The van der Waals surface area contributed by atoms with Crippen LogP contribution in [0.25, 0.3) is 0 Å². The first kappa shape index (κ1) is 20.6. The number of cyclic esters (lactones) is 1. The van der Waals surface area contributed by atoms with E-state index < -0.39 is 6.09 Å². The third kappa shape index (κ3) is 4.39. The highest BCUT2D eigenvalue weighted by Gasteiger charge is 2.33. The standard InChI is InChI=1S/C22H24FN3O3S/c1-28-14-21(30)24-11-18-13-26(22(27)29-18)17-6-7-20(19(23)10-17)25-9-8-15-4-2-3-5-16(15)12-25/h2-7,10,18H,8-9,11-14H2,1H3,(H,24,30)/t18-/m0/s1. The second kappa shape index (κ2) is 8.97. The Bertz CT molecular complexity index is 955. The average Bonchev–Trinajstić information content (AvgIpc) is 3.12. The van der Waals surface area contributed by atoms with Gasteiger partial charge < -0.3 is 19.7 Å². The van der Waals surface area contributed by atoms with Crippen molar-refractivity contribution in [2.75, 3.05) is 43.2 Å². The molecule has 6 nitrogen and oxygen atoms in total. The summed E-state index contributed by atoms with van der Waals surface area (Å²) < 4.78 is 25.3. The summed E-state index contributed by atoms with van der Waals surface area (Å²) in [6.07, 6.45) is 0.0299. The van der Waals surface area contributed by atoms with E-state index >= 15 is 0 Å². The maximum Gasteiger partial charge on any atom is 0.414 e. The minimum atomic E-state index is -0.487. The molecular formula is C22H24FN3O3S. The van der Waals surface area contributed by atoms with Gasteiger partial charge in [-0.15, -0.1) is 0 Å². The molecule has 1 fully saturated rings. The topological polar surface area (TPSA) is 54.0 Å². The Morgan fingerprint density at radius 2 is 2.10 bits per heavy atom. The number of nitrogens with zero attached hydrogens (tertiary/aromatic N) is 2. The summed E-state index contributed by atoms with van der Waals surface area (Å²) in [6, 6.07) is 13.2. The zero-order valence-corrected chi connectivity index (χ0v) is 17.6. The summed E-state index contributed by atoms with van der Waals surface area (Å²) in [7, 11) is 1.56. The fraction of sp³-hybridized carbons (Fsp3) is 0.364. The molecule has 1 saturated heterocycles. The molecule has 1 N–H and O–H groups in total. The molecule has 158 valence electrons. The van der Waals surface area contributed by atoms with E-state index in [0.29, 0.717) is 42.6 Å². The molecule has 0 saturated carbocycles. The molecule has 1 amide bonds. The lowest BCUT2D eigenvalue weighted by Gasteiger charge is -2.31. The van der Waals surface area contributed by atoms with Crippen LogP contribution in [-0.4, -0.2) is 50.5 Å². The molecule has 30 heavy (non-hydrogen) atoms. The van der Waals surface area contributed by atoms with E-state index in [9.17, 15) is 9.18 Å². The molecule has 2 aromatic rings. The van der Waals surface area contributed by atoms with Crippen molar-refractivity contribution < 1.29 is 18.7 Å². The van der Waals surface area contributed by atoms with E-state index in [4.69, 9.17) is 21.7 Å². The van der Waals surface area contributed by atoms with Gasteiger partial charge in [-0.3, -0.25) is 4.90 Å². The molecule has 2 aromatic carbocycles. The van der Waals surface area contributed by atoms with E-state index in [0.717, 1.165) is 13.0 Å². The quantitative estimate of drug-likeness (QED) is 0.712. The first-order chi connectivity index (χ1) is 14.5. The van der Waals surface area contributed by atoms with Gasteiger partial charge in [-0.25, -0.2) is 9.18 Å². The van der Waals surface area contributed by atoms with E-state index in [1.807, 2.05) is 17.0 Å². The van der Waals surface area contributed by atoms with Crippen molar-refractivity contribution in [2.45, 2.75) is 19.1 Å². The Morgan fingerprint density at radius 1 is 1.30 bits per heavy atom. The monoisotopic (exact) mass is 429 g/mol. The van der Waals surface area contributed by atoms with Crippen LogP contribution in [0.4, 0.5) is 20.6 Å². The van der Waals surface area contributed by atoms with Crippen LogP contribution in [-0.2, 0) is 22.4 Å². The number of ether oxygens (including phenoxy) is 2. The number of fused-ring (bicyclic) bond motifs is 1. The van der Waals surface area contributed by atoms with Crippen LogP contribution in [0.15, 0.2) is 42.5 Å². The average molecular weight is 430 g/mol. The van der Waals surface area contributed by atoms with Crippen molar-refractivity contribution in [3.8, 4) is 0 Å². The second-order valence-corrected chi connectivity index (χ2v) is 7.92. The lowest BCUT2D eigenvalue weighted by atomic mass is 9.99. The number of methoxy groups -OCH3 is 1. The molecule has 0 spiro atoms. The number of anilines is 2. The summed E-state index contributed by atoms with van der Waals surface area (Å²) >= 11 is 5.11. The number of nitrogens with one attached hydrogen (secondary N) is 1. The van der Waals surface area contributed by atoms with E-state index in [-0.39, 0.29) is 11.9 Å². The van der Waals surface area contributed by atoms with Crippen LogP contribution in [0.5, 0.6) is 0 Å². The predicted octanol–water partition coefficient (Wildman–Crippen LogP) is 3.28. The van der Waals surface area contributed by atoms with Gasteiger partial charge in [-0.05, 0) is 35.7 Å². The first-order valence-electron chi connectivity index (χ1n) is 9.90. The molecule has 2 aliphatic heterocycles. The molecule has 0 bridgehead atoms. The Morgan fingerprint density at radius 3 is 2.87 bits per heavy atom. The highest BCUT2D eigenvalue weighted by molar-refractivity contribution is 7.80. The predicted molar refractivity (Wildman–Crippen MR) is 118 cm³/mol. The summed E-state index contributed by atoms with van der Waals surface area (Å²) in [5.74, 6) is -0.345. The molecule has 2 aliphatic rings. The van der Waals surface area contributed by atoms with Crippen LogP contribution in [0, 0.1) is 5.82 Å². The minimum absolute atomic E-state index is 0.313. The first-order valence-corrected chi connectivity index (χ1v) is 10.3. The third-order valence-corrected chi connectivity index (χ3v) is 5.65. The highest BCUT2D eigenvalue weighted by Crippen LogP contribution is 2.30. The summed E-state index contributed by atoms with van der Waals surface area (Å²) in [5, 5.41) is 3.01. The van der Waals surface area contributed by atoms with Gasteiger partial charge in [-0.2, -0.15) is 0 Å². The van der Waals surface area contributed by atoms with Crippen LogP contribution in [0.2, 0.25) is 0 Å². The Kier molecular flexibility index (Phi) is 6.15. The Labute approximate surface area is 180 Å². The number of amides is 1. The maximum absolute atomic E-state index is 15.0. The maximum atomic E-state index is 15.0. The number of thiocarbonyl (C=S) groups is 1. The SMILES string of the molecule is COCC(=S)NC[C@H]1CN(c2ccc(N3CCc4ccccc4C3)c(F)c2)C(=O)O1. The van der Waals surface area contributed by atoms with Gasteiger partial charge in [0.15, 0.2) is 0 Å². The second-order valence-electron chi connectivity index (χ2n) is 7.43. The van der Waals surface area contributed by atoms with Gasteiger partial charge in [0.25, 0.3) is 0 Å². The highest BCUT2D eigenvalue weighted by atomic mass is 32.1. The molecule has 0 aliphatic carbocycles. The lowest BCUT2D eigenvalue weighted by Crippen LogP contribution is -2.35. The molecular weight excluding hydrogens is 405 g/mol. The van der Waals surface area contributed by atoms with Gasteiger partial charge in [0.1, 0.15) is 16.9 Å². The zero-order valence-electron chi connectivity index (χ0n) is 16.8. The van der Waals surface area contributed by atoms with Gasteiger partial charge in [0, 0.05) is 20.2 Å². The van der Waals surface area contributed by atoms with E-state index in [1.54, 1.807) is 19.2 Å². The van der Waals surface area contributed by atoms with Crippen molar-refractivity contribution >= 4 is 34.7 Å². The minimum Gasteiger partial charge on any atom is -0.442 e. The summed E-state index contributed by atoms with van der Waals surface area (Å²) in [4.78, 5) is 16.3. The number of carbonyl (C=O) groups excluding carboxylic acids is 1. The van der Waals surface area contributed by atoms with Crippen LogP contribution < -0.4 is 15.1 Å². The van der Waals surface area contributed by atoms with Crippen LogP contribution in [0.3, 0.4) is 0 Å². The molecule has 4 rings (SSSR count). The van der Waals surface area contributed by atoms with Crippen molar-refractivity contribution in [3.63, 3.8) is 0 Å². The lowest BCUT2D eigenvalue weighted by molar-refractivity contribution is 0.142. The van der Waals surface area contributed by atoms with E-state index in [2.05, 4.69) is 17.4 Å². The fourth-order valence-electron chi connectivity index (χ4n) is 3.87. The Balaban J connectivity index is 1.42.